The number of rotatable bonds is 2. The van der Waals surface area contributed by atoms with E-state index in [1.807, 2.05) is 0 Å². The molecule has 0 aliphatic rings. The van der Waals surface area contributed by atoms with Crippen LogP contribution in [0.5, 0.6) is 0 Å². The van der Waals surface area contributed by atoms with Gasteiger partial charge in [-0.2, -0.15) is 0 Å². The first kappa shape index (κ1) is 11.9. The van der Waals surface area contributed by atoms with Gasteiger partial charge in [0.2, 0.25) is 0 Å². The van der Waals surface area contributed by atoms with Gasteiger partial charge in [0, 0.05) is 0 Å². The molecule has 2 N–H and O–H groups in total. The Labute approximate surface area is 82.9 Å². The topological polar surface area (TPSA) is 40.5 Å². The van der Waals surface area contributed by atoms with Crippen molar-refractivity contribution in [2.24, 2.45) is 0 Å². The van der Waals surface area contributed by atoms with Gasteiger partial charge in [-0.05, 0) is 30.6 Å². The minimum atomic E-state index is -1.03. The Morgan fingerprint density at radius 3 is 2.38 bits per heavy atom. The second-order valence-electron chi connectivity index (χ2n) is 2.05. The van der Waals surface area contributed by atoms with Gasteiger partial charge in [-0.3, -0.25) is 0 Å². The zero-order chi connectivity index (χ0) is 10.1. The number of hydrogen-bond donors (Lipinski definition) is 2. The lowest BCUT2D eigenvalue weighted by atomic mass is 10.2. The van der Waals surface area contributed by atoms with Gasteiger partial charge in [-0.15, -0.1) is 11.6 Å². The molecule has 0 aliphatic carbocycles. The van der Waals surface area contributed by atoms with Gasteiger partial charge in [0.15, 0.2) is 0 Å². The number of halogens is 1. The number of alkyl halides is 1. The molecule has 3 heteroatoms. The van der Waals surface area contributed by atoms with Crippen molar-refractivity contribution in [2.45, 2.75) is 18.4 Å². The fraction of sp³-hybridized carbons (Fsp3) is 0.400. The van der Waals surface area contributed by atoms with E-state index in [0.717, 1.165) is 0 Å². The molecule has 0 saturated carbocycles. The summed E-state index contributed by atoms with van der Waals surface area (Å²) in [6, 6.07) is 0. The van der Waals surface area contributed by atoms with Crippen molar-refractivity contribution in [3.8, 4) is 35.5 Å². The van der Waals surface area contributed by atoms with E-state index in [1.165, 1.54) is 0 Å². The molecule has 0 aliphatic heterocycles. The molecular weight excluding hydrogens is 188 g/mol. The molecule has 68 valence electrons. The third-order valence-corrected chi connectivity index (χ3v) is 1.45. The average Bonchev–Trinajstić information content (AvgIpc) is 2.16. The lowest BCUT2D eigenvalue weighted by molar-refractivity contribution is 0.102. The Morgan fingerprint density at radius 2 is 1.85 bits per heavy atom. The predicted molar refractivity (Wildman–Crippen MR) is 51.7 cm³/mol. The van der Waals surface area contributed by atoms with Gasteiger partial charge < -0.3 is 10.2 Å². The molecule has 0 spiro atoms. The van der Waals surface area contributed by atoms with Gasteiger partial charge in [0.25, 0.3) is 0 Å². The lowest BCUT2D eigenvalue weighted by Gasteiger charge is -2.06. The van der Waals surface area contributed by atoms with Crippen LogP contribution in [-0.4, -0.2) is 28.3 Å². The van der Waals surface area contributed by atoms with E-state index in [2.05, 4.69) is 35.5 Å². The normalized spacial score (nSPS) is 12.0. The van der Waals surface area contributed by atoms with Crippen LogP contribution in [0.2, 0.25) is 0 Å². The molecule has 0 aromatic rings. The highest BCUT2D eigenvalue weighted by Gasteiger charge is 2.11. The Hall–Kier alpha value is -1.11. The fourth-order valence-electron chi connectivity index (χ4n) is 0.419. The van der Waals surface area contributed by atoms with Crippen LogP contribution in [-0.2, 0) is 0 Å². The second kappa shape index (κ2) is 7.53. The number of aliphatic hydroxyl groups excluding tert-OH is 2. The maximum atomic E-state index is 8.97. The van der Waals surface area contributed by atoms with Crippen molar-refractivity contribution in [1.82, 2.24) is 0 Å². The predicted octanol–water partition coefficient (Wildman–Crippen LogP) is -0.0229. The van der Waals surface area contributed by atoms with Crippen LogP contribution in [0.25, 0.3) is 0 Å². The van der Waals surface area contributed by atoms with E-state index < -0.39 is 18.1 Å². The van der Waals surface area contributed by atoms with Crippen molar-refractivity contribution in [3.05, 3.63) is 0 Å². The lowest BCUT2D eigenvalue weighted by Crippen LogP contribution is -2.23. The Bertz CT molecular complexity index is 316. The molecule has 13 heavy (non-hydrogen) atoms. The third kappa shape index (κ3) is 6.09. The molecule has 0 bridgehead atoms. The van der Waals surface area contributed by atoms with E-state index in [-0.39, 0.29) is 0 Å². The minimum Gasteiger partial charge on any atom is -0.394 e. The van der Waals surface area contributed by atoms with E-state index in [9.17, 15) is 0 Å². The van der Waals surface area contributed by atoms with Crippen LogP contribution in [0.1, 0.15) is 6.92 Å². The van der Waals surface area contributed by atoms with Gasteiger partial charge in [0.1, 0.15) is 11.5 Å². The smallest absolute Gasteiger partial charge is 0.123 e. The molecule has 0 rings (SSSR count). The van der Waals surface area contributed by atoms with Gasteiger partial charge in [-0.1, -0.05) is 11.8 Å². The number of hydrogen-bond acceptors (Lipinski definition) is 2. The number of aliphatic hydroxyl groups is 2. The fourth-order valence-corrected chi connectivity index (χ4v) is 0.553. The van der Waals surface area contributed by atoms with Crippen molar-refractivity contribution in [3.63, 3.8) is 0 Å². The molecule has 0 heterocycles. The quantitative estimate of drug-likeness (QED) is 0.481. The van der Waals surface area contributed by atoms with Crippen LogP contribution in [0, 0.1) is 35.5 Å². The summed E-state index contributed by atoms with van der Waals surface area (Å²) in [5.74, 6) is 14.8. The summed E-state index contributed by atoms with van der Waals surface area (Å²) in [4.78, 5) is 0. The molecule has 0 aromatic carbocycles. The molecule has 2 atom stereocenters. The van der Waals surface area contributed by atoms with Crippen LogP contribution >= 0.6 is 11.6 Å². The first-order valence-electron chi connectivity index (χ1n) is 3.57. The summed E-state index contributed by atoms with van der Waals surface area (Å²) < 4.78 is 0. The molecule has 0 saturated heterocycles. The summed E-state index contributed by atoms with van der Waals surface area (Å²) in [6.45, 7) is 1.26. The standard InChI is InChI=1S/C10H9ClO2/c1-2-3-4-5-6-7-9(11)10(13)8-12/h9-10,12-13H,8H2,1H3. The van der Waals surface area contributed by atoms with Gasteiger partial charge >= 0.3 is 0 Å². The van der Waals surface area contributed by atoms with Gasteiger partial charge in [0.05, 0.1) is 6.61 Å². The minimum absolute atomic E-state index is 0.412. The van der Waals surface area contributed by atoms with E-state index in [0.29, 0.717) is 0 Å². The molecule has 2 nitrogen and oxygen atoms in total. The average molecular weight is 197 g/mol. The highest BCUT2D eigenvalue weighted by molar-refractivity contribution is 6.22. The molecule has 0 aromatic heterocycles. The zero-order valence-electron chi connectivity index (χ0n) is 7.13. The Kier molecular flexibility index (Phi) is 6.89. The second-order valence-corrected chi connectivity index (χ2v) is 2.52. The molecule has 0 amide bonds. The molecule has 0 fully saturated rings. The van der Waals surface area contributed by atoms with E-state index in [4.69, 9.17) is 21.8 Å². The van der Waals surface area contributed by atoms with E-state index in [1.54, 1.807) is 6.92 Å². The summed E-state index contributed by atoms with van der Waals surface area (Å²) >= 11 is 5.56. The largest absolute Gasteiger partial charge is 0.394 e. The summed E-state index contributed by atoms with van der Waals surface area (Å²) in [7, 11) is 0. The van der Waals surface area contributed by atoms with Crippen molar-refractivity contribution < 1.29 is 10.2 Å². The molecular formula is C10H9ClO2. The van der Waals surface area contributed by atoms with Crippen LogP contribution in [0.15, 0.2) is 0 Å². The zero-order valence-corrected chi connectivity index (χ0v) is 7.89. The molecule has 0 radical (unpaired) electrons. The SMILES string of the molecule is CC#CC#CC#CC(Cl)C(O)CO. The van der Waals surface area contributed by atoms with E-state index >= 15 is 0 Å². The summed E-state index contributed by atoms with van der Waals surface area (Å²) in [6.07, 6.45) is -1.03. The van der Waals surface area contributed by atoms with Crippen molar-refractivity contribution in [1.29, 1.82) is 0 Å². The monoisotopic (exact) mass is 196 g/mol. The Morgan fingerprint density at radius 1 is 1.23 bits per heavy atom. The maximum absolute atomic E-state index is 8.97. The highest BCUT2D eigenvalue weighted by Crippen LogP contribution is 1.99. The first-order valence-corrected chi connectivity index (χ1v) is 4.01. The van der Waals surface area contributed by atoms with Crippen LogP contribution < -0.4 is 0 Å². The molecule has 2 unspecified atom stereocenters. The Balaban J connectivity index is 4.10. The third-order valence-electron chi connectivity index (χ3n) is 1.05. The first-order chi connectivity index (χ1) is 6.22. The summed E-state index contributed by atoms with van der Waals surface area (Å²) in [5, 5.41) is 16.7. The van der Waals surface area contributed by atoms with Crippen LogP contribution in [0.3, 0.4) is 0 Å². The van der Waals surface area contributed by atoms with Crippen molar-refractivity contribution >= 4 is 11.6 Å². The summed E-state index contributed by atoms with van der Waals surface area (Å²) in [5.41, 5.74) is 0. The van der Waals surface area contributed by atoms with Gasteiger partial charge in [-0.25, -0.2) is 0 Å². The maximum Gasteiger partial charge on any atom is 0.123 e. The van der Waals surface area contributed by atoms with Crippen LogP contribution in [0.4, 0.5) is 0 Å². The highest BCUT2D eigenvalue weighted by atomic mass is 35.5. The van der Waals surface area contributed by atoms with Crippen molar-refractivity contribution in [2.75, 3.05) is 6.61 Å².